The van der Waals surface area contributed by atoms with Crippen LogP contribution >= 0.6 is 0 Å². The molecule has 0 spiro atoms. The van der Waals surface area contributed by atoms with Crippen LogP contribution in [-0.2, 0) is 0 Å². The van der Waals surface area contributed by atoms with Crippen LogP contribution in [0.5, 0.6) is 5.75 Å². The van der Waals surface area contributed by atoms with Crippen LogP contribution in [0.25, 0.3) is 32.7 Å². The summed E-state index contributed by atoms with van der Waals surface area (Å²) in [7, 11) is 0. The number of fused-ring (bicyclic) bond motifs is 2. The molecule has 0 unspecified atom stereocenters. The van der Waals surface area contributed by atoms with Gasteiger partial charge < -0.3 is 15.9 Å². The lowest BCUT2D eigenvalue weighted by atomic mass is 9.90. The van der Waals surface area contributed by atoms with Gasteiger partial charge in [-0.15, -0.1) is 0 Å². The summed E-state index contributed by atoms with van der Waals surface area (Å²) in [6.45, 7) is 0. The van der Waals surface area contributed by atoms with Crippen LogP contribution in [0.3, 0.4) is 0 Å². The van der Waals surface area contributed by atoms with E-state index in [0.29, 0.717) is 11.1 Å². The molecule has 4 nitrogen and oxygen atoms in total. The van der Waals surface area contributed by atoms with Crippen molar-refractivity contribution in [1.82, 2.24) is 0 Å². The van der Waals surface area contributed by atoms with Crippen molar-refractivity contribution in [2.45, 2.75) is 0 Å². The Morgan fingerprint density at radius 2 is 1.40 bits per heavy atom. The van der Waals surface area contributed by atoms with Crippen LogP contribution in [0.4, 0.5) is 5.69 Å². The number of hydrogen-bond acceptors (Lipinski definition) is 3. The minimum atomic E-state index is -1.09. The molecule has 4 aromatic carbocycles. The lowest BCUT2D eigenvalue weighted by molar-refractivity contribution is 0.0698. The van der Waals surface area contributed by atoms with Gasteiger partial charge in [-0.1, -0.05) is 54.6 Å². The van der Waals surface area contributed by atoms with Crippen LogP contribution in [0.1, 0.15) is 10.4 Å². The van der Waals surface area contributed by atoms with Gasteiger partial charge in [0.2, 0.25) is 0 Å². The fraction of sp³-hybridized carbons (Fsp3) is 0. The molecule has 0 amide bonds. The molecule has 0 bridgehead atoms. The minimum Gasteiger partial charge on any atom is -0.507 e. The third-order valence-corrected chi connectivity index (χ3v) is 4.48. The van der Waals surface area contributed by atoms with E-state index in [1.165, 1.54) is 0 Å². The maximum atomic E-state index is 11.7. The molecular formula is C21H15NO3. The standard InChI is InChI=1S/C21H15NO3/c22-20-16(21(24)25)11-13-6-2-4-8-15(13)19(20)18-14-7-3-1-5-12(14)9-10-17(18)23/h1-11,23H,22H2,(H,24,25). The van der Waals surface area contributed by atoms with E-state index in [2.05, 4.69) is 0 Å². The zero-order valence-electron chi connectivity index (χ0n) is 13.2. The monoisotopic (exact) mass is 329 g/mol. The summed E-state index contributed by atoms with van der Waals surface area (Å²) in [5, 5.41) is 23.4. The minimum absolute atomic E-state index is 0.0287. The number of phenols is 1. The summed E-state index contributed by atoms with van der Waals surface area (Å²) in [4.78, 5) is 11.7. The SMILES string of the molecule is Nc1c(C(=O)O)cc2ccccc2c1-c1c(O)ccc2ccccc12. The first kappa shape index (κ1) is 15.0. The number of nitrogen functional groups attached to an aromatic ring is 1. The van der Waals surface area contributed by atoms with Gasteiger partial charge >= 0.3 is 5.97 Å². The third-order valence-electron chi connectivity index (χ3n) is 4.48. The van der Waals surface area contributed by atoms with Crippen LogP contribution in [-0.4, -0.2) is 16.2 Å². The van der Waals surface area contributed by atoms with Crippen molar-refractivity contribution in [2.24, 2.45) is 0 Å². The molecule has 4 rings (SSSR count). The van der Waals surface area contributed by atoms with Crippen molar-refractivity contribution in [3.8, 4) is 16.9 Å². The molecular weight excluding hydrogens is 314 g/mol. The number of anilines is 1. The van der Waals surface area contributed by atoms with E-state index < -0.39 is 5.97 Å². The van der Waals surface area contributed by atoms with Gasteiger partial charge in [-0.25, -0.2) is 4.79 Å². The Bertz CT molecular complexity index is 1150. The Kier molecular flexibility index (Phi) is 3.32. The molecule has 0 atom stereocenters. The Balaban J connectivity index is 2.24. The van der Waals surface area contributed by atoms with Gasteiger partial charge in [0, 0.05) is 11.1 Å². The fourth-order valence-corrected chi connectivity index (χ4v) is 3.33. The van der Waals surface area contributed by atoms with Gasteiger partial charge in [-0.05, 0) is 33.7 Å². The van der Waals surface area contributed by atoms with E-state index in [-0.39, 0.29) is 17.0 Å². The second-order valence-electron chi connectivity index (χ2n) is 5.92. The highest BCUT2D eigenvalue weighted by molar-refractivity contribution is 6.15. The maximum Gasteiger partial charge on any atom is 0.337 e. The lowest BCUT2D eigenvalue weighted by Gasteiger charge is -2.16. The van der Waals surface area contributed by atoms with Crippen molar-refractivity contribution in [1.29, 1.82) is 0 Å². The topological polar surface area (TPSA) is 83.6 Å². The van der Waals surface area contributed by atoms with Gasteiger partial charge in [0.15, 0.2) is 0 Å². The fourth-order valence-electron chi connectivity index (χ4n) is 3.33. The predicted octanol–water partition coefficient (Wildman–Crippen LogP) is 4.65. The molecule has 4 N–H and O–H groups in total. The van der Waals surface area contributed by atoms with E-state index in [1.54, 1.807) is 12.1 Å². The van der Waals surface area contributed by atoms with Crippen LogP contribution in [0, 0.1) is 0 Å². The Labute approximate surface area is 143 Å². The van der Waals surface area contributed by atoms with E-state index >= 15 is 0 Å². The van der Waals surface area contributed by atoms with Crippen LogP contribution in [0.2, 0.25) is 0 Å². The average Bonchev–Trinajstić information content (AvgIpc) is 2.62. The predicted molar refractivity (Wildman–Crippen MR) is 99.9 cm³/mol. The zero-order valence-corrected chi connectivity index (χ0v) is 13.2. The van der Waals surface area contributed by atoms with E-state index in [9.17, 15) is 15.0 Å². The summed E-state index contributed by atoms with van der Waals surface area (Å²) in [6.07, 6.45) is 0. The number of carboxylic acid groups (broad SMARTS) is 1. The molecule has 122 valence electrons. The molecule has 4 heteroatoms. The second-order valence-corrected chi connectivity index (χ2v) is 5.92. The van der Waals surface area contributed by atoms with Crippen molar-refractivity contribution >= 4 is 33.2 Å². The van der Waals surface area contributed by atoms with E-state index in [0.717, 1.165) is 21.5 Å². The first-order chi connectivity index (χ1) is 12.1. The Morgan fingerprint density at radius 3 is 2.08 bits per heavy atom. The van der Waals surface area contributed by atoms with Crippen LogP contribution < -0.4 is 5.73 Å². The van der Waals surface area contributed by atoms with Crippen LogP contribution in [0.15, 0.2) is 66.7 Å². The summed E-state index contributed by atoms with van der Waals surface area (Å²) in [6, 6.07) is 20.1. The highest BCUT2D eigenvalue weighted by Crippen LogP contribution is 2.44. The van der Waals surface area contributed by atoms with E-state index in [4.69, 9.17) is 5.73 Å². The molecule has 4 aromatic rings. The molecule has 0 saturated carbocycles. The summed E-state index contributed by atoms with van der Waals surface area (Å²) < 4.78 is 0. The Hall–Kier alpha value is -3.53. The molecule has 0 aliphatic carbocycles. The van der Waals surface area contributed by atoms with Crippen molar-refractivity contribution in [3.63, 3.8) is 0 Å². The van der Waals surface area contributed by atoms with Crippen molar-refractivity contribution in [2.75, 3.05) is 5.73 Å². The summed E-state index contributed by atoms with van der Waals surface area (Å²) >= 11 is 0. The third kappa shape index (κ3) is 2.27. The first-order valence-electron chi connectivity index (χ1n) is 7.83. The normalized spacial score (nSPS) is 11.0. The summed E-state index contributed by atoms with van der Waals surface area (Å²) in [5.74, 6) is -1.03. The molecule has 0 heterocycles. The lowest BCUT2D eigenvalue weighted by Crippen LogP contribution is -2.05. The highest BCUT2D eigenvalue weighted by atomic mass is 16.4. The number of benzene rings is 4. The number of carboxylic acids is 1. The zero-order chi connectivity index (χ0) is 17.6. The van der Waals surface area contributed by atoms with Gasteiger partial charge in [0.1, 0.15) is 5.75 Å². The smallest absolute Gasteiger partial charge is 0.337 e. The average molecular weight is 329 g/mol. The second kappa shape index (κ2) is 5.53. The first-order valence-corrected chi connectivity index (χ1v) is 7.83. The number of rotatable bonds is 2. The number of aromatic carboxylic acids is 1. The molecule has 0 aromatic heterocycles. The summed E-state index contributed by atoms with van der Waals surface area (Å²) in [5.41, 5.74) is 7.53. The van der Waals surface area contributed by atoms with Gasteiger partial charge in [0.05, 0.1) is 11.3 Å². The quantitative estimate of drug-likeness (QED) is 0.468. The van der Waals surface area contributed by atoms with Gasteiger partial charge in [-0.2, -0.15) is 0 Å². The molecule has 0 saturated heterocycles. The largest absolute Gasteiger partial charge is 0.507 e. The molecule has 0 aliphatic heterocycles. The van der Waals surface area contributed by atoms with E-state index in [1.807, 2.05) is 54.6 Å². The van der Waals surface area contributed by atoms with Gasteiger partial charge in [0.25, 0.3) is 0 Å². The van der Waals surface area contributed by atoms with Gasteiger partial charge in [-0.3, -0.25) is 0 Å². The molecule has 0 aliphatic rings. The van der Waals surface area contributed by atoms with Crippen molar-refractivity contribution in [3.05, 3.63) is 72.3 Å². The number of phenolic OH excluding ortho intramolecular Hbond substituents is 1. The molecule has 25 heavy (non-hydrogen) atoms. The number of nitrogens with two attached hydrogens (primary N) is 1. The maximum absolute atomic E-state index is 11.7. The highest BCUT2D eigenvalue weighted by Gasteiger charge is 2.20. The Morgan fingerprint density at radius 1 is 0.800 bits per heavy atom. The molecule has 0 radical (unpaired) electrons. The number of aromatic hydroxyl groups is 1. The number of carbonyl (C=O) groups is 1. The van der Waals surface area contributed by atoms with Crippen molar-refractivity contribution < 1.29 is 15.0 Å². The number of hydrogen-bond donors (Lipinski definition) is 3. The molecule has 0 fully saturated rings.